The SMILES string of the molecule is CCc1nnc(NCCNc2cc(C)nc3ncnn23)c(C#N)c1CC. The average Bonchev–Trinajstić information content (AvgIpc) is 3.12. The van der Waals surface area contributed by atoms with E-state index >= 15 is 0 Å². The second-order valence-electron chi connectivity index (χ2n) is 5.78. The van der Waals surface area contributed by atoms with Gasteiger partial charge in [-0.2, -0.15) is 25.0 Å². The van der Waals surface area contributed by atoms with Crippen molar-refractivity contribution in [2.24, 2.45) is 0 Å². The quantitative estimate of drug-likeness (QED) is 0.618. The smallest absolute Gasteiger partial charge is 0.254 e. The van der Waals surface area contributed by atoms with Gasteiger partial charge in [-0.25, -0.2) is 4.98 Å². The number of aromatic nitrogens is 6. The summed E-state index contributed by atoms with van der Waals surface area (Å²) in [6.45, 7) is 7.15. The summed E-state index contributed by atoms with van der Waals surface area (Å²) in [5.74, 6) is 1.90. The summed E-state index contributed by atoms with van der Waals surface area (Å²) in [5.41, 5.74) is 3.29. The lowest BCUT2D eigenvalue weighted by Gasteiger charge is -2.13. The van der Waals surface area contributed by atoms with Crippen molar-refractivity contribution < 1.29 is 0 Å². The molecule has 0 aliphatic rings. The molecule has 0 saturated carbocycles. The van der Waals surface area contributed by atoms with Crippen molar-refractivity contribution in [1.82, 2.24) is 29.8 Å². The van der Waals surface area contributed by atoms with Gasteiger partial charge in [0.1, 0.15) is 23.8 Å². The Balaban J connectivity index is 1.69. The molecule has 26 heavy (non-hydrogen) atoms. The van der Waals surface area contributed by atoms with Crippen molar-refractivity contribution in [2.75, 3.05) is 23.7 Å². The molecular formula is C17H21N9. The van der Waals surface area contributed by atoms with Gasteiger partial charge in [-0.3, -0.25) is 0 Å². The van der Waals surface area contributed by atoms with Gasteiger partial charge in [-0.05, 0) is 25.3 Å². The maximum atomic E-state index is 9.51. The zero-order valence-corrected chi connectivity index (χ0v) is 15.1. The van der Waals surface area contributed by atoms with Crippen LogP contribution in [0.5, 0.6) is 0 Å². The van der Waals surface area contributed by atoms with Gasteiger partial charge in [-0.1, -0.05) is 13.8 Å². The molecule has 0 unspecified atom stereocenters. The molecule has 0 amide bonds. The number of nitrogens with zero attached hydrogens (tertiary/aromatic N) is 7. The molecule has 0 aliphatic carbocycles. The number of nitriles is 1. The number of nitrogens with one attached hydrogen (secondary N) is 2. The monoisotopic (exact) mass is 351 g/mol. The van der Waals surface area contributed by atoms with Crippen LogP contribution in [0.1, 0.15) is 36.4 Å². The van der Waals surface area contributed by atoms with Crippen LogP contribution in [0.4, 0.5) is 11.6 Å². The first-order valence-corrected chi connectivity index (χ1v) is 8.61. The lowest BCUT2D eigenvalue weighted by molar-refractivity contribution is 0.867. The molecule has 0 bridgehead atoms. The van der Waals surface area contributed by atoms with Crippen molar-refractivity contribution in [3.63, 3.8) is 0 Å². The molecule has 0 spiro atoms. The predicted molar refractivity (Wildman–Crippen MR) is 98.0 cm³/mol. The Kier molecular flexibility index (Phi) is 5.22. The molecular weight excluding hydrogens is 330 g/mol. The van der Waals surface area contributed by atoms with E-state index in [0.717, 1.165) is 35.6 Å². The molecule has 0 aliphatic heterocycles. The fraction of sp³-hybridized carbons (Fsp3) is 0.412. The highest BCUT2D eigenvalue weighted by atomic mass is 15.4. The maximum Gasteiger partial charge on any atom is 0.254 e. The highest BCUT2D eigenvalue weighted by molar-refractivity contribution is 5.56. The van der Waals surface area contributed by atoms with Crippen LogP contribution >= 0.6 is 0 Å². The molecule has 0 saturated heterocycles. The highest BCUT2D eigenvalue weighted by Gasteiger charge is 2.14. The molecule has 134 valence electrons. The van der Waals surface area contributed by atoms with E-state index in [1.165, 1.54) is 6.33 Å². The summed E-state index contributed by atoms with van der Waals surface area (Å²) in [7, 11) is 0. The van der Waals surface area contributed by atoms with Crippen LogP contribution in [0.15, 0.2) is 12.4 Å². The van der Waals surface area contributed by atoms with Gasteiger partial charge < -0.3 is 10.6 Å². The minimum Gasteiger partial charge on any atom is -0.368 e. The fourth-order valence-corrected chi connectivity index (χ4v) is 2.85. The number of fused-ring (bicyclic) bond motifs is 1. The largest absolute Gasteiger partial charge is 0.368 e. The number of hydrogen-bond acceptors (Lipinski definition) is 8. The molecule has 3 aromatic heterocycles. The Morgan fingerprint density at radius 2 is 1.96 bits per heavy atom. The Morgan fingerprint density at radius 3 is 2.69 bits per heavy atom. The van der Waals surface area contributed by atoms with Gasteiger partial charge in [0.2, 0.25) is 0 Å². The lowest BCUT2D eigenvalue weighted by Crippen LogP contribution is -2.18. The number of hydrogen-bond donors (Lipinski definition) is 2. The third kappa shape index (κ3) is 3.39. The first-order chi connectivity index (χ1) is 12.7. The van der Waals surface area contributed by atoms with E-state index in [-0.39, 0.29) is 0 Å². The molecule has 9 heteroatoms. The molecule has 3 rings (SSSR count). The first kappa shape index (κ1) is 17.5. The third-order valence-corrected chi connectivity index (χ3v) is 4.06. The summed E-state index contributed by atoms with van der Waals surface area (Å²) in [5, 5.41) is 28.6. The van der Waals surface area contributed by atoms with Crippen LogP contribution in [0.3, 0.4) is 0 Å². The van der Waals surface area contributed by atoms with Gasteiger partial charge in [-0.15, -0.1) is 5.10 Å². The second-order valence-corrected chi connectivity index (χ2v) is 5.78. The van der Waals surface area contributed by atoms with Crippen molar-refractivity contribution >= 4 is 17.4 Å². The Hall–Kier alpha value is -3.28. The third-order valence-electron chi connectivity index (χ3n) is 4.06. The second kappa shape index (κ2) is 7.74. The Bertz CT molecular complexity index is 955. The zero-order chi connectivity index (χ0) is 18.5. The van der Waals surface area contributed by atoms with Gasteiger partial charge in [0.15, 0.2) is 5.82 Å². The summed E-state index contributed by atoms with van der Waals surface area (Å²) >= 11 is 0. The van der Waals surface area contributed by atoms with Crippen LogP contribution in [-0.2, 0) is 12.8 Å². The van der Waals surface area contributed by atoms with Crippen molar-refractivity contribution in [2.45, 2.75) is 33.6 Å². The zero-order valence-electron chi connectivity index (χ0n) is 15.1. The fourth-order valence-electron chi connectivity index (χ4n) is 2.85. The molecule has 2 N–H and O–H groups in total. The van der Waals surface area contributed by atoms with E-state index in [1.807, 2.05) is 26.8 Å². The minimum atomic E-state index is 0.528. The van der Waals surface area contributed by atoms with Crippen molar-refractivity contribution in [3.05, 3.63) is 34.9 Å². The summed E-state index contributed by atoms with van der Waals surface area (Å²) in [6.07, 6.45) is 3.00. The predicted octanol–water partition coefficient (Wildman–Crippen LogP) is 1.74. The van der Waals surface area contributed by atoms with E-state index in [1.54, 1.807) is 4.52 Å². The number of rotatable bonds is 7. The molecule has 0 aromatic carbocycles. The molecule has 0 radical (unpaired) electrons. The maximum absolute atomic E-state index is 9.51. The van der Waals surface area contributed by atoms with E-state index in [4.69, 9.17) is 0 Å². The van der Waals surface area contributed by atoms with Crippen LogP contribution in [0.25, 0.3) is 5.78 Å². The van der Waals surface area contributed by atoms with Crippen LogP contribution in [0.2, 0.25) is 0 Å². The topological polar surface area (TPSA) is 117 Å². The highest BCUT2D eigenvalue weighted by Crippen LogP contribution is 2.19. The van der Waals surface area contributed by atoms with Crippen LogP contribution in [-0.4, -0.2) is 42.9 Å². The van der Waals surface area contributed by atoms with Crippen LogP contribution in [0, 0.1) is 18.3 Å². The number of anilines is 2. The number of aryl methyl sites for hydroxylation is 2. The molecule has 0 fully saturated rings. The minimum absolute atomic E-state index is 0.528. The summed E-state index contributed by atoms with van der Waals surface area (Å²) < 4.78 is 1.65. The normalized spacial score (nSPS) is 10.7. The van der Waals surface area contributed by atoms with E-state index in [9.17, 15) is 5.26 Å². The summed E-state index contributed by atoms with van der Waals surface area (Å²) in [4.78, 5) is 8.41. The van der Waals surface area contributed by atoms with Gasteiger partial charge in [0.05, 0.1) is 5.69 Å². The van der Waals surface area contributed by atoms with Gasteiger partial charge >= 0.3 is 0 Å². The Labute approximate surface area is 151 Å². The van der Waals surface area contributed by atoms with Gasteiger partial charge in [0, 0.05) is 24.8 Å². The summed E-state index contributed by atoms with van der Waals surface area (Å²) in [6, 6.07) is 4.17. The molecule has 0 atom stereocenters. The van der Waals surface area contributed by atoms with Crippen molar-refractivity contribution in [3.8, 4) is 6.07 Å². The molecule has 3 heterocycles. The van der Waals surface area contributed by atoms with Gasteiger partial charge in [0.25, 0.3) is 5.78 Å². The van der Waals surface area contributed by atoms with Crippen LogP contribution < -0.4 is 10.6 Å². The lowest BCUT2D eigenvalue weighted by atomic mass is 10.0. The van der Waals surface area contributed by atoms with Crippen molar-refractivity contribution in [1.29, 1.82) is 5.26 Å². The van der Waals surface area contributed by atoms with E-state index < -0.39 is 0 Å². The Morgan fingerprint density at radius 1 is 1.15 bits per heavy atom. The molecule has 9 nitrogen and oxygen atoms in total. The first-order valence-electron chi connectivity index (χ1n) is 8.61. The standard InChI is InChI=1S/C17H21N9/c1-4-12-13(9-18)16(25-24-14(12)5-2)20-7-6-19-15-8-11(3)23-17-21-10-22-26(15)17/h8,10,19H,4-7H2,1-3H3,(H,20,25). The molecule has 3 aromatic rings. The van der Waals surface area contributed by atoms with E-state index in [2.05, 4.69) is 42.0 Å². The average molecular weight is 351 g/mol. The van der Waals surface area contributed by atoms with E-state index in [0.29, 0.717) is 30.2 Å².